The second kappa shape index (κ2) is 11.7. The van der Waals surface area contributed by atoms with Crippen LogP contribution in [0.15, 0.2) is 80.4 Å². The minimum atomic E-state index is -1.50. The Hall–Kier alpha value is -2.19. The molecule has 0 bridgehead atoms. The summed E-state index contributed by atoms with van der Waals surface area (Å²) in [5, 5.41) is 37.4. The van der Waals surface area contributed by atoms with Crippen LogP contribution >= 0.6 is 66.3 Å². The Balaban J connectivity index is 0.000000150. The van der Waals surface area contributed by atoms with Gasteiger partial charge in [-0.2, -0.15) is 8.75 Å². The molecule has 3 aromatic carbocycles. The van der Waals surface area contributed by atoms with Crippen LogP contribution in [0.25, 0.3) is 43.0 Å². The molecule has 0 saturated heterocycles. The molecule has 6 aromatic rings. The molecule has 0 radical (unpaired) electrons. The third-order valence-electron chi connectivity index (χ3n) is 7.41. The smallest absolute Gasteiger partial charge is 0.423 e. The highest BCUT2D eigenvalue weighted by atomic mass is 79.9. The van der Waals surface area contributed by atoms with E-state index in [1.807, 2.05) is 26.0 Å². The molecule has 210 valence electrons. The summed E-state index contributed by atoms with van der Waals surface area (Å²) in [5.74, 6) is 0. The van der Waals surface area contributed by atoms with Crippen molar-refractivity contribution in [1.29, 1.82) is 0 Å². The van der Waals surface area contributed by atoms with E-state index in [0.29, 0.717) is 10.9 Å². The molecule has 4 N–H and O–H groups in total. The predicted octanol–water partition coefficient (Wildman–Crippen LogP) is 6.03. The van der Waals surface area contributed by atoms with Gasteiger partial charge in [0.2, 0.25) is 0 Å². The Kier molecular flexibility index (Phi) is 8.33. The Morgan fingerprint density at radius 2 is 1.00 bits per heavy atom. The van der Waals surface area contributed by atoms with Gasteiger partial charge in [-0.25, -0.2) is 0 Å². The Morgan fingerprint density at radius 3 is 1.36 bits per heavy atom. The molecule has 1 aliphatic carbocycles. The lowest BCUT2D eigenvalue weighted by Crippen LogP contribution is -2.32. The van der Waals surface area contributed by atoms with Crippen molar-refractivity contribution in [1.82, 2.24) is 8.75 Å². The normalized spacial score (nSPS) is 13.0. The van der Waals surface area contributed by atoms with Crippen LogP contribution in [-0.4, -0.2) is 43.1 Å². The Bertz CT molecular complexity index is 1800. The van der Waals surface area contributed by atoms with Crippen molar-refractivity contribution in [2.75, 3.05) is 0 Å². The third kappa shape index (κ3) is 5.47. The van der Waals surface area contributed by atoms with Gasteiger partial charge in [0.15, 0.2) is 0 Å². The zero-order valence-electron chi connectivity index (χ0n) is 22.2. The van der Waals surface area contributed by atoms with Gasteiger partial charge in [0, 0.05) is 26.3 Å². The summed E-state index contributed by atoms with van der Waals surface area (Å²) in [6.45, 7) is 4.08. The van der Waals surface area contributed by atoms with Crippen LogP contribution in [-0.2, 0) is 5.41 Å². The van der Waals surface area contributed by atoms with Gasteiger partial charge in [-0.05, 0) is 89.3 Å². The van der Waals surface area contributed by atoms with Crippen molar-refractivity contribution >= 4 is 102 Å². The highest BCUT2D eigenvalue weighted by Crippen LogP contribution is 2.47. The summed E-state index contributed by atoms with van der Waals surface area (Å²) in [7, 11) is -2.99. The van der Waals surface area contributed by atoms with Crippen LogP contribution in [0.1, 0.15) is 25.0 Å². The first-order chi connectivity index (χ1) is 20.0. The molecule has 0 aliphatic heterocycles. The molecule has 0 unspecified atom stereocenters. The van der Waals surface area contributed by atoms with Crippen molar-refractivity contribution in [3.05, 3.63) is 91.5 Å². The van der Waals surface area contributed by atoms with Crippen LogP contribution in [0.4, 0.5) is 0 Å². The molecule has 0 amide bonds. The summed E-state index contributed by atoms with van der Waals surface area (Å²) < 4.78 is 11.3. The number of rotatable bonds is 4. The van der Waals surface area contributed by atoms with Gasteiger partial charge in [0.1, 0.15) is 11.0 Å². The fourth-order valence-electron chi connectivity index (χ4n) is 5.28. The van der Waals surface area contributed by atoms with Crippen molar-refractivity contribution in [3.8, 4) is 32.0 Å². The fraction of sp³-hybridized carbons (Fsp3) is 0.103. The van der Waals surface area contributed by atoms with Gasteiger partial charge in [-0.1, -0.05) is 62.4 Å². The largest absolute Gasteiger partial charge is 0.488 e. The average Bonchev–Trinajstić information content (AvgIpc) is 3.76. The van der Waals surface area contributed by atoms with Gasteiger partial charge in [0.05, 0.1) is 19.3 Å². The van der Waals surface area contributed by atoms with Gasteiger partial charge in [-0.15, -0.1) is 22.7 Å². The SMILES string of the molecule is Brc1ccc(-c2ccc(-c3ccc(Br)s3)c3nsnc23)s1.CC1(C)c2cc(B(O)O)ccc2-c2ccc(B(O)O)cc21. The van der Waals surface area contributed by atoms with Gasteiger partial charge < -0.3 is 20.1 Å². The highest BCUT2D eigenvalue weighted by Gasteiger charge is 2.36. The molecule has 6 nitrogen and oxygen atoms in total. The average molecular weight is 740 g/mol. The first kappa shape index (κ1) is 29.9. The van der Waals surface area contributed by atoms with Crippen LogP contribution in [0, 0.1) is 0 Å². The maximum absolute atomic E-state index is 9.35. The predicted molar refractivity (Wildman–Crippen MR) is 183 cm³/mol. The van der Waals surface area contributed by atoms with E-state index in [2.05, 4.69) is 77.0 Å². The molecule has 3 heterocycles. The first-order valence-electron chi connectivity index (χ1n) is 12.8. The lowest BCUT2D eigenvalue weighted by atomic mass is 9.74. The van der Waals surface area contributed by atoms with Crippen LogP contribution in [0.3, 0.4) is 0 Å². The van der Waals surface area contributed by atoms with E-state index in [1.165, 1.54) is 21.5 Å². The van der Waals surface area contributed by atoms with Gasteiger partial charge >= 0.3 is 14.2 Å². The fourth-order valence-corrected chi connectivity index (χ4v) is 8.67. The zero-order chi connectivity index (χ0) is 29.8. The second-order valence-corrected chi connectivity index (χ2v) is 15.8. The van der Waals surface area contributed by atoms with Crippen molar-refractivity contribution in [2.24, 2.45) is 0 Å². The molecule has 0 fully saturated rings. The van der Waals surface area contributed by atoms with Gasteiger partial charge in [0.25, 0.3) is 0 Å². The number of hydrogen-bond donors (Lipinski definition) is 4. The topological polar surface area (TPSA) is 107 Å². The number of aromatic nitrogens is 2. The number of thiophene rings is 2. The molecular formula is C29H22B2Br2N2O4S3. The Labute approximate surface area is 272 Å². The van der Waals surface area contributed by atoms with E-state index >= 15 is 0 Å². The molecule has 0 spiro atoms. The van der Waals surface area contributed by atoms with Crippen LogP contribution in [0.5, 0.6) is 0 Å². The molecule has 13 heteroatoms. The summed E-state index contributed by atoms with van der Waals surface area (Å²) in [4.78, 5) is 2.41. The van der Waals surface area contributed by atoms with Crippen LogP contribution < -0.4 is 10.9 Å². The summed E-state index contributed by atoms with van der Waals surface area (Å²) in [6.07, 6.45) is 0. The van der Waals surface area contributed by atoms with Crippen molar-refractivity contribution < 1.29 is 20.1 Å². The molecule has 42 heavy (non-hydrogen) atoms. The third-order valence-corrected chi connectivity index (χ3v) is 11.3. The van der Waals surface area contributed by atoms with E-state index in [-0.39, 0.29) is 5.41 Å². The lowest BCUT2D eigenvalue weighted by Gasteiger charge is -2.22. The lowest BCUT2D eigenvalue weighted by molar-refractivity contribution is 0.424. The maximum Gasteiger partial charge on any atom is 0.488 e. The standard InChI is InChI=1S/C15H16B2O4.C14H6Br2N2S3/c1-15(2)13-7-9(16(18)19)3-5-11(13)12-6-4-10(17(20)21)8-14(12)15;15-11-5-3-9(19-11)7-1-2-8(10-4-6-12(16)20-10)14-13(7)17-21-18-14/h3-8,18-21H,1-2H3;1-6H. The minimum absolute atomic E-state index is 0.333. The number of fused-ring (bicyclic) bond motifs is 4. The Morgan fingerprint density at radius 1 is 0.595 bits per heavy atom. The number of nitrogens with zero attached hydrogens (tertiary/aromatic N) is 2. The van der Waals surface area contributed by atoms with E-state index in [4.69, 9.17) is 0 Å². The van der Waals surface area contributed by atoms with E-state index in [0.717, 1.165) is 52.0 Å². The van der Waals surface area contributed by atoms with Crippen molar-refractivity contribution in [3.63, 3.8) is 0 Å². The highest BCUT2D eigenvalue weighted by molar-refractivity contribution is 9.11. The summed E-state index contributed by atoms with van der Waals surface area (Å²) in [5.41, 5.74) is 8.93. The molecule has 7 rings (SSSR count). The number of benzene rings is 3. The molecule has 0 atom stereocenters. The minimum Gasteiger partial charge on any atom is -0.423 e. The number of hydrogen-bond acceptors (Lipinski definition) is 9. The van der Waals surface area contributed by atoms with E-state index < -0.39 is 14.2 Å². The molecular weight excluding hydrogens is 718 g/mol. The monoisotopic (exact) mass is 738 g/mol. The van der Waals surface area contributed by atoms with Crippen molar-refractivity contribution in [2.45, 2.75) is 19.3 Å². The molecule has 0 saturated carbocycles. The number of halogens is 2. The molecule has 1 aliphatic rings. The second-order valence-electron chi connectivity index (χ2n) is 10.3. The van der Waals surface area contributed by atoms with Gasteiger partial charge in [-0.3, -0.25) is 0 Å². The quantitative estimate of drug-likeness (QED) is 0.165. The summed E-state index contributed by atoms with van der Waals surface area (Å²) in [6, 6.07) is 23.4. The first-order valence-corrected chi connectivity index (χ1v) is 16.8. The zero-order valence-corrected chi connectivity index (χ0v) is 27.9. The molecule has 3 aromatic heterocycles. The van der Waals surface area contributed by atoms with Crippen LogP contribution in [0.2, 0.25) is 0 Å². The maximum atomic E-state index is 9.35. The van der Waals surface area contributed by atoms with E-state index in [1.54, 1.807) is 46.9 Å². The van der Waals surface area contributed by atoms with E-state index in [9.17, 15) is 20.1 Å². The summed E-state index contributed by atoms with van der Waals surface area (Å²) >= 11 is 11.7.